The molecule has 0 radical (unpaired) electrons. The Morgan fingerprint density at radius 3 is 2.62 bits per heavy atom. The molecular formula is C17H20F3N9. The van der Waals surface area contributed by atoms with Crippen molar-refractivity contribution in [3.63, 3.8) is 0 Å². The number of nitrogens with one attached hydrogen (secondary N) is 2. The Morgan fingerprint density at radius 2 is 1.97 bits per heavy atom. The van der Waals surface area contributed by atoms with Gasteiger partial charge >= 0.3 is 6.18 Å². The molecule has 0 unspecified atom stereocenters. The van der Waals surface area contributed by atoms with Gasteiger partial charge in [-0.05, 0) is 26.7 Å². The summed E-state index contributed by atoms with van der Waals surface area (Å²) < 4.78 is 43.1. The number of alkyl halides is 3. The van der Waals surface area contributed by atoms with Crippen molar-refractivity contribution in [1.82, 2.24) is 34.5 Å². The highest BCUT2D eigenvalue weighted by atomic mass is 19.4. The third-order valence-electron chi connectivity index (χ3n) is 4.97. The molecule has 1 saturated carbocycles. The van der Waals surface area contributed by atoms with E-state index in [4.69, 9.17) is 0 Å². The van der Waals surface area contributed by atoms with Crippen LogP contribution >= 0.6 is 0 Å². The lowest BCUT2D eigenvalue weighted by Gasteiger charge is -2.35. The Morgan fingerprint density at radius 1 is 1.17 bits per heavy atom. The highest BCUT2D eigenvalue weighted by Gasteiger charge is 2.36. The molecule has 0 atom stereocenters. The van der Waals surface area contributed by atoms with Crippen molar-refractivity contribution in [1.29, 1.82) is 0 Å². The number of hydrogen-bond donors (Lipinski definition) is 2. The van der Waals surface area contributed by atoms with Crippen LogP contribution in [-0.2, 0) is 6.18 Å². The maximum Gasteiger partial charge on any atom is 0.421 e. The van der Waals surface area contributed by atoms with Crippen LogP contribution in [-0.4, -0.2) is 41.1 Å². The molecule has 0 spiro atoms. The topological polar surface area (TPSA) is 98.4 Å². The second-order valence-corrected chi connectivity index (χ2v) is 6.85. The molecule has 0 saturated heterocycles. The first-order valence-electron chi connectivity index (χ1n) is 9.20. The van der Waals surface area contributed by atoms with Crippen molar-refractivity contribution < 1.29 is 13.2 Å². The van der Waals surface area contributed by atoms with Gasteiger partial charge in [-0.1, -0.05) is 0 Å². The van der Waals surface area contributed by atoms with Gasteiger partial charge in [0.2, 0.25) is 5.95 Å². The van der Waals surface area contributed by atoms with Gasteiger partial charge in [-0.15, -0.1) is 0 Å². The Hall–Kier alpha value is -3.18. The molecule has 154 valence electrons. The normalized spacial score (nSPS) is 19.1. The Balaban J connectivity index is 1.49. The largest absolute Gasteiger partial charge is 0.421 e. The first kappa shape index (κ1) is 19.2. The zero-order valence-electron chi connectivity index (χ0n) is 15.8. The fraction of sp³-hybridized carbons (Fsp3) is 0.471. The SMILES string of the molecule is CCNc1nc(Nc2cnn([C@H]3C[C@@H](n4cncn4)C3)c2C)ncc1C(F)(F)F. The minimum absolute atomic E-state index is 0.0747. The van der Waals surface area contributed by atoms with Crippen LogP contribution in [0.3, 0.4) is 0 Å². The molecule has 3 aromatic rings. The van der Waals surface area contributed by atoms with E-state index >= 15 is 0 Å². The zero-order valence-corrected chi connectivity index (χ0v) is 15.8. The molecule has 0 aromatic carbocycles. The summed E-state index contributed by atoms with van der Waals surface area (Å²) >= 11 is 0. The van der Waals surface area contributed by atoms with E-state index in [1.54, 1.807) is 19.4 Å². The van der Waals surface area contributed by atoms with E-state index in [2.05, 4.69) is 35.8 Å². The molecule has 1 aliphatic carbocycles. The predicted molar refractivity (Wildman–Crippen MR) is 98.8 cm³/mol. The maximum atomic E-state index is 13.1. The number of hydrogen-bond acceptors (Lipinski definition) is 7. The lowest BCUT2D eigenvalue weighted by Crippen LogP contribution is -2.30. The number of nitrogens with zero attached hydrogens (tertiary/aromatic N) is 7. The van der Waals surface area contributed by atoms with Crippen LogP contribution in [0.1, 0.15) is 43.1 Å². The third kappa shape index (κ3) is 3.74. The van der Waals surface area contributed by atoms with Gasteiger partial charge in [-0.25, -0.2) is 14.6 Å². The average Bonchev–Trinajstić information content (AvgIpc) is 3.26. The molecule has 9 nitrogen and oxygen atoms in total. The van der Waals surface area contributed by atoms with Crippen LogP contribution < -0.4 is 10.6 Å². The lowest BCUT2D eigenvalue weighted by atomic mass is 9.87. The van der Waals surface area contributed by atoms with Crippen LogP contribution in [0.2, 0.25) is 0 Å². The van der Waals surface area contributed by atoms with E-state index in [1.807, 2.05) is 16.3 Å². The van der Waals surface area contributed by atoms with Crippen LogP contribution in [0.5, 0.6) is 0 Å². The predicted octanol–water partition coefficient (Wildman–Crippen LogP) is 3.34. The van der Waals surface area contributed by atoms with Gasteiger partial charge in [0.05, 0.1) is 29.7 Å². The zero-order chi connectivity index (χ0) is 20.6. The van der Waals surface area contributed by atoms with Crippen molar-refractivity contribution in [2.45, 2.75) is 44.9 Å². The Bertz CT molecular complexity index is 975. The Kier molecular flexibility index (Phi) is 4.84. The molecule has 3 aromatic heterocycles. The summed E-state index contributed by atoms with van der Waals surface area (Å²) in [7, 11) is 0. The number of aromatic nitrogens is 7. The molecule has 3 heterocycles. The van der Waals surface area contributed by atoms with E-state index in [0.717, 1.165) is 24.7 Å². The Labute approximate surface area is 164 Å². The fourth-order valence-corrected chi connectivity index (χ4v) is 3.37. The third-order valence-corrected chi connectivity index (χ3v) is 4.97. The van der Waals surface area contributed by atoms with Crippen molar-refractivity contribution in [2.75, 3.05) is 17.2 Å². The minimum Gasteiger partial charge on any atom is -0.370 e. The summed E-state index contributed by atoms with van der Waals surface area (Å²) in [6.07, 6.45) is 2.86. The van der Waals surface area contributed by atoms with E-state index in [9.17, 15) is 13.2 Å². The van der Waals surface area contributed by atoms with E-state index in [0.29, 0.717) is 18.3 Å². The molecule has 0 aliphatic heterocycles. The van der Waals surface area contributed by atoms with Crippen LogP contribution in [0.15, 0.2) is 25.0 Å². The van der Waals surface area contributed by atoms with Gasteiger partial charge in [0.1, 0.15) is 24.0 Å². The van der Waals surface area contributed by atoms with Gasteiger partial charge in [-0.2, -0.15) is 28.4 Å². The van der Waals surface area contributed by atoms with Gasteiger partial charge in [0.15, 0.2) is 0 Å². The standard InChI is InChI=1S/C17H20F3N9/c1-3-22-15-13(17(18,19)20)6-23-16(27-15)26-14-7-24-29(10(14)2)12-4-11(5-12)28-9-21-8-25-28/h6-9,11-12H,3-5H2,1-2H3,(H2,22,23,26,27)/t11-,12+. The fourth-order valence-electron chi connectivity index (χ4n) is 3.37. The average molecular weight is 407 g/mol. The van der Waals surface area contributed by atoms with Crippen molar-refractivity contribution in [3.8, 4) is 0 Å². The molecule has 1 aliphatic rings. The molecule has 29 heavy (non-hydrogen) atoms. The second-order valence-electron chi connectivity index (χ2n) is 6.85. The van der Waals surface area contributed by atoms with Crippen molar-refractivity contribution >= 4 is 17.5 Å². The summed E-state index contributed by atoms with van der Waals surface area (Å²) in [5.74, 6) is -0.178. The van der Waals surface area contributed by atoms with Gasteiger partial charge in [-0.3, -0.25) is 4.68 Å². The van der Waals surface area contributed by atoms with Gasteiger partial charge in [0.25, 0.3) is 0 Å². The summed E-state index contributed by atoms with van der Waals surface area (Å²) in [6, 6.07) is 0.522. The molecule has 0 bridgehead atoms. The number of anilines is 3. The van der Waals surface area contributed by atoms with Gasteiger partial charge in [0, 0.05) is 12.7 Å². The monoisotopic (exact) mass is 407 g/mol. The van der Waals surface area contributed by atoms with E-state index in [-0.39, 0.29) is 17.8 Å². The van der Waals surface area contributed by atoms with Gasteiger partial charge < -0.3 is 10.6 Å². The highest BCUT2D eigenvalue weighted by Crippen LogP contribution is 2.42. The summed E-state index contributed by atoms with van der Waals surface area (Å²) in [6.45, 7) is 3.91. The van der Waals surface area contributed by atoms with Crippen LogP contribution in [0.4, 0.5) is 30.6 Å². The number of rotatable bonds is 6. The summed E-state index contributed by atoms with van der Waals surface area (Å²) in [5, 5.41) is 14.2. The first-order valence-corrected chi connectivity index (χ1v) is 9.20. The molecule has 1 fully saturated rings. The van der Waals surface area contributed by atoms with Crippen LogP contribution in [0, 0.1) is 6.92 Å². The lowest BCUT2D eigenvalue weighted by molar-refractivity contribution is -0.137. The minimum atomic E-state index is -4.53. The molecule has 2 N–H and O–H groups in total. The quantitative estimate of drug-likeness (QED) is 0.647. The van der Waals surface area contributed by atoms with Crippen molar-refractivity contribution in [2.24, 2.45) is 0 Å². The molecule has 4 rings (SSSR count). The van der Waals surface area contributed by atoms with Crippen molar-refractivity contribution in [3.05, 3.63) is 36.3 Å². The smallest absolute Gasteiger partial charge is 0.370 e. The second kappa shape index (κ2) is 7.33. The maximum absolute atomic E-state index is 13.1. The molecule has 12 heteroatoms. The summed E-state index contributed by atoms with van der Waals surface area (Å²) in [5.41, 5.74) is 0.614. The van der Waals surface area contributed by atoms with E-state index in [1.165, 1.54) is 6.33 Å². The molecular weight excluding hydrogens is 387 g/mol. The first-order chi connectivity index (χ1) is 13.9. The van der Waals surface area contributed by atoms with Crippen LogP contribution in [0.25, 0.3) is 0 Å². The summed E-state index contributed by atoms with van der Waals surface area (Å²) in [4.78, 5) is 11.8. The highest BCUT2D eigenvalue weighted by molar-refractivity contribution is 5.58. The number of halogens is 3. The molecule has 0 amide bonds. The van der Waals surface area contributed by atoms with E-state index < -0.39 is 11.7 Å².